The lowest BCUT2D eigenvalue weighted by atomic mass is 10.3. The Morgan fingerprint density at radius 2 is 1.95 bits per heavy atom. The quantitative estimate of drug-likeness (QED) is 0.668. The molecule has 19 heavy (non-hydrogen) atoms. The lowest BCUT2D eigenvalue weighted by molar-refractivity contribution is -0.113. The van der Waals surface area contributed by atoms with Crippen molar-refractivity contribution < 1.29 is 4.79 Å². The summed E-state index contributed by atoms with van der Waals surface area (Å²) in [6.07, 6.45) is 0. The predicted octanol–water partition coefficient (Wildman–Crippen LogP) is 3.65. The number of para-hydroxylation sites is 1. The number of nitrogens with two attached hydrogens (primary N) is 1. The van der Waals surface area contributed by atoms with Crippen LogP contribution in [0.5, 0.6) is 0 Å². The van der Waals surface area contributed by atoms with Gasteiger partial charge in [0, 0.05) is 10.6 Å². The van der Waals surface area contributed by atoms with Gasteiger partial charge in [-0.15, -0.1) is 11.8 Å². The average Bonchev–Trinajstić information content (AvgIpc) is 2.41. The summed E-state index contributed by atoms with van der Waals surface area (Å²) in [4.78, 5) is 12.7. The van der Waals surface area contributed by atoms with Crippen LogP contribution in [-0.2, 0) is 4.79 Å². The van der Waals surface area contributed by atoms with Crippen LogP contribution in [0.2, 0.25) is 5.02 Å². The summed E-state index contributed by atoms with van der Waals surface area (Å²) in [5.74, 6) is 0.277. The molecule has 98 valence electrons. The molecule has 0 bridgehead atoms. The molecule has 2 aromatic rings. The molecule has 0 radical (unpaired) electrons. The number of anilines is 2. The Labute approximate surface area is 121 Å². The molecule has 3 nitrogen and oxygen atoms in total. The molecule has 2 rings (SSSR count). The zero-order valence-corrected chi connectivity index (χ0v) is 11.7. The van der Waals surface area contributed by atoms with Crippen LogP contribution >= 0.6 is 23.4 Å². The van der Waals surface area contributed by atoms with Crippen LogP contribution in [-0.4, -0.2) is 11.7 Å². The SMILES string of the molecule is Nc1ccc(SCC(=O)Nc2ccccc2)cc1Cl. The number of nitrogen functional groups attached to an aromatic ring is 1. The number of nitrogens with one attached hydrogen (secondary N) is 1. The smallest absolute Gasteiger partial charge is 0.234 e. The van der Waals surface area contributed by atoms with Gasteiger partial charge in [-0.05, 0) is 30.3 Å². The fourth-order valence-electron chi connectivity index (χ4n) is 1.47. The van der Waals surface area contributed by atoms with Crippen molar-refractivity contribution >= 4 is 40.6 Å². The number of hydrogen-bond acceptors (Lipinski definition) is 3. The van der Waals surface area contributed by atoms with E-state index in [9.17, 15) is 4.79 Å². The number of amides is 1. The minimum atomic E-state index is -0.0517. The van der Waals surface area contributed by atoms with E-state index in [1.54, 1.807) is 12.1 Å². The van der Waals surface area contributed by atoms with Crippen molar-refractivity contribution in [3.63, 3.8) is 0 Å². The molecule has 2 aromatic carbocycles. The van der Waals surface area contributed by atoms with Gasteiger partial charge in [0.05, 0.1) is 16.5 Å². The highest BCUT2D eigenvalue weighted by atomic mass is 35.5. The van der Waals surface area contributed by atoms with Gasteiger partial charge >= 0.3 is 0 Å². The maximum absolute atomic E-state index is 11.7. The molecule has 0 heterocycles. The molecule has 0 saturated heterocycles. The van der Waals surface area contributed by atoms with E-state index in [2.05, 4.69) is 5.32 Å². The van der Waals surface area contributed by atoms with Crippen molar-refractivity contribution in [2.75, 3.05) is 16.8 Å². The van der Waals surface area contributed by atoms with Gasteiger partial charge < -0.3 is 11.1 Å². The van der Waals surface area contributed by atoms with Gasteiger partial charge in [0.25, 0.3) is 0 Å². The highest BCUT2D eigenvalue weighted by Crippen LogP contribution is 2.26. The van der Waals surface area contributed by atoms with Gasteiger partial charge in [-0.1, -0.05) is 29.8 Å². The zero-order chi connectivity index (χ0) is 13.7. The van der Waals surface area contributed by atoms with Crippen LogP contribution in [0.25, 0.3) is 0 Å². The Morgan fingerprint density at radius 3 is 2.63 bits per heavy atom. The van der Waals surface area contributed by atoms with Gasteiger partial charge in [-0.2, -0.15) is 0 Å². The number of benzene rings is 2. The maximum atomic E-state index is 11.7. The van der Waals surface area contributed by atoms with E-state index in [1.807, 2.05) is 36.4 Å². The van der Waals surface area contributed by atoms with Crippen molar-refractivity contribution in [2.24, 2.45) is 0 Å². The maximum Gasteiger partial charge on any atom is 0.234 e. The van der Waals surface area contributed by atoms with Gasteiger partial charge in [-0.25, -0.2) is 0 Å². The van der Waals surface area contributed by atoms with Crippen LogP contribution in [0.3, 0.4) is 0 Å². The number of halogens is 1. The summed E-state index contributed by atoms with van der Waals surface area (Å²) < 4.78 is 0. The lowest BCUT2D eigenvalue weighted by Crippen LogP contribution is -2.13. The molecule has 5 heteroatoms. The van der Waals surface area contributed by atoms with Crippen LogP contribution in [0.4, 0.5) is 11.4 Å². The first-order valence-corrected chi connectivity index (χ1v) is 7.04. The Hall–Kier alpha value is -1.65. The fraction of sp³-hybridized carbons (Fsp3) is 0.0714. The molecule has 0 atom stereocenters. The summed E-state index contributed by atoms with van der Waals surface area (Å²) in [6.45, 7) is 0. The molecular weight excluding hydrogens is 280 g/mol. The molecular formula is C14H13ClN2OS. The van der Waals surface area contributed by atoms with E-state index in [-0.39, 0.29) is 5.91 Å². The third kappa shape index (κ3) is 4.19. The molecule has 0 unspecified atom stereocenters. The van der Waals surface area contributed by atoms with E-state index in [4.69, 9.17) is 17.3 Å². The van der Waals surface area contributed by atoms with Crippen molar-refractivity contribution in [3.05, 3.63) is 53.6 Å². The van der Waals surface area contributed by atoms with Gasteiger partial charge in [-0.3, -0.25) is 4.79 Å². The first kappa shape index (κ1) is 13.8. The third-order valence-corrected chi connectivity index (χ3v) is 3.72. The van der Waals surface area contributed by atoms with E-state index in [0.29, 0.717) is 16.5 Å². The Morgan fingerprint density at radius 1 is 1.21 bits per heavy atom. The van der Waals surface area contributed by atoms with E-state index in [0.717, 1.165) is 10.6 Å². The van der Waals surface area contributed by atoms with E-state index >= 15 is 0 Å². The summed E-state index contributed by atoms with van der Waals surface area (Å²) in [6, 6.07) is 14.7. The third-order valence-electron chi connectivity index (χ3n) is 2.40. The number of carbonyl (C=O) groups excluding carboxylic acids is 1. The molecule has 0 aromatic heterocycles. The second kappa shape index (κ2) is 6.50. The molecule has 0 saturated carbocycles. The molecule has 0 aliphatic carbocycles. The molecule has 0 spiro atoms. The topological polar surface area (TPSA) is 55.1 Å². The van der Waals surface area contributed by atoms with Gasteiger partial charge in [0.15, 0.2) is 0 Å². The number of hydrogen-bond donors (Lipinski definition) is 2. The molecule has 0 fully saturated rings. The Balaban J connectivity index is 1.88. The van der Waals surface area contributed by atoms with Gasteiger partial charge in [0.2, 0.25) is 5.91 Å². The van der Waals surface area contributed by atoms with E-state index in [1.165, 1.54) is 11.8 Å². The summed E-state index contributed by atoms with van der Waals surface area (Å²) in [7, 11) is 0. The first-order valence-electron chi connectivity index (χ1n) is 5.68. The minimum Gasteiger partial charge on any atom is -0.398 e. The van der Waals surface area contributed by atoms with Gasteiger partial charge in [0.1, 0.15) is 0 Å². The average molecular weight is 293 g/mol. The van der Waals surface area contributed by atoms with Crippen LogP contribution in [0, 0.1) is 0 Å². The van der Waals surface area contributed by atoms with Crippen LogP contribution in [0.1, 0.15) is 0 Å². The highest BCUT2D eigenvalue weighted by Gasteiger charge is 2.04. The standard InChI is InChI=1S/C14H13ClN2OS/c15-12-8-11(6-7-13(12)16)19-9-14(18)17-10-4-2-1-3-5-10/h1-8H,9,16H2,(H,17,18). The number of thioether (sulfide) groups is 1. The highest BCUT2D eigenvalue weighted by molar-refractivity contribution is 8.00. The predicted molar refractivity (Wildman–Crippen MR) is 81.7 cm³/mol. The van der Waals surface area contributed by atoms with Crippen molar-refractivity contribution in [1.29, 1.82) is 0 Å². The first-order chi connectivity index (χ1) is 9.15. The molecule has 0 aliphatic heterocycles. The lowest BCUT2D eigenvalue weighted by Gasteiger charge is -2.06. The van der Waals surface area contributed by atoms with Crippen molar-refractivity contribution in [3.8, 4) is 0 Å². The number of carbonyl (C=O) groups is 1. The molecule has 0 aliphatic rings. The zero-order valence-electron chi connectivity index (χ0n) is 10.1. The second-order valence-electron chi connectivity index (χ2n) is 3.89. The van der Waals surface area contributed by atoms with Crippen molar-refractivity contribution in [2.45, 2.75) is 4.90 Å². The van der Waals surface area contributed by atoms with E-state index < -0.39 is 0 Å². The summed E-state index contributed by atoms with van der Waals surface area (Å²) in [5, 5.41) is 3.33. The summed E-state index contributed by atoms with van der Waals surface area (Å²) in [5.41, 5.74) is 6.96. The second-order valence-corrected chi connectivity index (χ2v) is 5.34. The molecule has 3 N–H and O–H groups in total. The van der Waals surface area contributed by atoms with Crippen LogP contribution in [0.15, 0.2) is 53.4 Å². The Kier molecular flexibility index (Phi) is 4.71. The monoisotopic (exact) mass is 292 g/mol. The summed E-state index contributed by atoms with van der Waals surface area (Å²) >= 11 is 7.34. The fourth-order valence-corrected chi connectivity index (χ4v) is 2.45. The molecule has 1 amide bonds. The van der Waals surface area contributed by atoms with Crippen LogP contribution < -0.4 is 11.1 Å². The Bertz CT molecular complexity index is 575. The minimum absolute atomic E-state index is 0.0517. The number of rotatable bonds is 4. The normalized spacial score (nSPS) is 10.2. The largest absolute Gasteiger partial charge is 0.398 e. The van der Waals surface area contributed by atoms with Crippen molar-refractivity contribution in [1.82, 2.24) is 0 Å².